The first-order valence-corrected chi connectivity index (χ1v) is 6.86. The van der Waals surface area contributed by atoms with E-state index < -0.39 is 0 Å². The second kappa shape index (κ2) is 4.69. The van der Waals surface area contributed by atoms with Gasteiger partial charge in [0.25, 0.3) is 0 Å². The molecule has 80 valence electrons. The van der Waals surface area contributed by atoms with Gasteiger partial charge >= 0.3 is 0 Å². The first kappa shape index (κ1) is 11.2. The number of rotatable bonds is 3. The van der Waals surface area contributed by atoms with E-state index in [0.717, 1.165) is 16.6 Å². The normalized spacial score (nSPS) is 10.9. The molecule has 0 aliphatic heterocycles. The molecule has 6 heteroatoms. The van der Waals surface area contributed by atoms with Gasteiger partial charge in [0.1, 0.15) is 5.01 Å². The number of nitrogens with zero attached hydrogens (tertiary/aromatic N) is 2. The Balaban J connectivity index is 2.28. The fourth-order valence-corrected chi connectivity index (χ4v) is 3.57. The zero-order valence-corrected chi connectivity index (χ0v) is 11.6. The van der Waals surface area contributed by atoms with Crippen molar-refractivity contribution in [2.75, 3.05) is 7.05 Å². The minimum Gasteiger partial charge on any atom is -0.313 e. The van der Waals surface area contributed by atoms with Gasteiger partial charge in [-0.05, 0) is 41.5 Å². The van der Waals surface area contributed by atoms with E-state index in [-0.39, 0.29) is 0 Å². The minimum absolute atomic E-state index is 0.781. The number of aromatic nitrogens is 2. The lowest BCUT2D eigenvalue weighted by Gasteiger charge is -1.88. The van der Waals surface area contributed by atoms with Crippen LogP contribution in [0.25, 0.3) is 9.88 Å². The summed E-state index contributed by atoms with van der Waals surface area (Å²) in [7, 11) is 1.91. The lowest BCUT2D eigenvalue weighted by molar-refractivity contribution is 0.795. The number of aryl methyl sites for hydroxylation is 1. The highest BCUT2D eigenvalue weighted by atomic mass is 79.9. The van der Waals surface area contributed by atoms with E-state index in [1.54, 1.807) is 22.7 Å². The summed E-state index contributed by atoms with van der Waals surface area (Å²) in [6.07, 6.45) is 0. The Kier molecular flexibility index (Phi) is 3.50. The number of nitrogens with one attached hydrogen (secondary N) is 1. The van der Waals surface area contributed by atoms with Gasteiger partial charge in [-0.1, -0.05) is 11.3 Å². The fraction of sp³-hybridized carbons (Fsp3) is 0.333. The summed E-state index contributed by atoms with van der Waals surface area (Å²) in [6, 6.07) is 2.14. The largest absolute Gasteiger partial charge is 0.313 e. The molecule has 0 atom stereocenters. The van der Waals surface area contributed by atoms with Gasteiger partial charge in [-0.25, -0.2) is 0 Å². The van der Waals surface area contributed by atoms with Crippen LogP contribution in [0.1, 0.15) is 10.6 Å². The van der Waals surface area contributed by atoms with Crippen LogP contribution < -0.4 is 5.32 Å². The Morgan fingerprint density at radius 1 is 1.40 bits per heavy atom. The van der Waals surface area contributed by atoms with Gasteiger partial charge in [0, 0.05) is 6.54 Å². The summed E-state index contributed by atoms with van der Waals surface area (Å²) in [6.45, 7) is 2.86. The summed E-state index contributed by atoms with van der Waals surface area (Å²) in [5.41, 5.74) is 1.25. The van der Waals surface area contributed by atoms with E-state index in [2.05, 4.69) is 44.4 Å². The predicted octanol–water partition coefficient (Wildman–Crippen LogP) is 3.06. The van der Waals surface area contributed by atoms with E-state index in [1.807, 2.05) is 7.05 Å². The van der Waals surface area contributed by atoms with Crippen molar-refractivity contribution in [1.29, 1.82) is 0 Å². The summed E-state index contributed by atoms with van der Waals surface area (Å²) in [5.74, 6) is 0. The topological polar surface area (TPSA) is 37.8 Å². The molecule has 0 amide bonds. The molecule has 0 spiro atoms. The Morgan fingerprint density at radius 3 is 2.80 bits per heavy atom. The standard InChI is InChI=1S/C9H10BrN3S2/c1-5-3-6(14-8(5)10)9-13-12-7(15-9)4-11-2/h3,11H,4H2,1-2H3. The van der Waals surface area contributed by atoms with Crippen LogP contribution in [0, 0.1) is 6.92 Å². The van der Waals surface area contributed by atoms with Crippen LogP contribution in [0.15, 0.2) is 9.85 Å². The van der Waals surface area contributed by atoms with E-state index in [0.29, 0.717) is 0 Å². The van der Waals surface area contributed by atoms with Gasteiger partial charge in [-0.15, -0.1) is 21.5 Å². The van der Waals surface area contributed by atoms with Crippen LogP contribution in [0.3, 0.4) is 0 Å². The molecule has 1 N–H and O–H groups in total. The summed E-state index contributed by atoms with van der Waals surface area (Å²) in [4.78, 5) is 1.18. The summed E-state index contributed by atoms with van der Waals surface area (Å²) < 4.78 is 1.17. The van der Waals surface area contributed by atoms with E-state index in [1.165, 1.54) is 14.2 Å². The van der Waals surface area contributed by atoms with Gasteiger partial charge < -0.3 is 5.32 Å². The first-order valence-electron chi connectivity index (χ1n) is 4.44. The van der Waals surface area contributed by atoms with Crippen LogP contribution in [-0.2, 0) is 6.54 Å². The molecule has 0 aliphatic rings. The van der Waals surface area contributed by atoms with Crippen molar-refractivity contribution in [3.63, 3.8) is 0 Å². The quantitative estimate of drug-likeness (QED) is 0.947. The molecule has 0 bridgehead atoms. The lowest BCUT2D eigenvalue weighted by Crippen LogP contribution is -2.04. The summed E-state index contributed by atoms with van der Waals surface area (Å²) >= 11 is 6.85. The van der Waals surface area contributed by atoms with E-state index in [4.69, 9.17) is 0 Å². The van der Waals surface area contributed by atoms with Gasteiger partial charge in [0.15, 0.2) is 5.01 Å². The zero-order chi connectivity index (χ0) is 10.8. The number of halogens is 1. The maximum Gasteiger partial charge on any atom is 0.157 e. The maximum absolute atomic E-state index is 4.18. The molecule has 0 unspecified atom stereocenters. The van der Waals surface area contributed by atoms with Crippen molar-refractivity contribution < 1.29 is 0 Å². The molecule has 0 fully saturated rings. The van der Waals surface area contributed by atoms with Crippen molar-refractivity contribution in [2.45, 2.75) is 13.5 Å². The van der Waals surface area contributed by atoms with Crippen molar-refractivity contribution >= 4 is 38.6 Å². The van der Waals surface area contributed by atoms with Crippen molar-refractivity contribution in [2.24, 2.45) is 0 Å². The van der Waals surface area contributed by atoms with E-state index in [9.17, 15) is 0 Å². The molecule has 2 rings (SSSR count). The van der Waals surface area contributed by atoms with Crippen LogP contribution in [-0.4, -0.2) is 17.2 Å². The summed E-state index contributed by atoms with van der Waals surface area (Å²) in [5, 5.41) is 13.4. The second-order valence-corrected chi connectivity index (χ2v) is 6.53. The van der Waals surface area contributed by atoms with Crippen LogP contribution in [0.4, 0.5) is 0 Å². The molecule has 3 nitrogen and oxygen atoms in total. The number of hydrogen-bond acceptors (Lipinski definition) is 5. The van der Waals surface area contributed by atoms with Gasteiger partial charge in [-0.2, -0.15) is 0 Å². The molecule has 0 saturated carbocycles. The van der Waals surface area contributed by atoms with Gasteiger partial charge in [-0.3, -0.25) is 0 Å². The first-order chi connectivity index (χ1) is 7.20. The Bertz CT molecular complexity index is 444. The minimum atomic E-state index is 0.781. The molecule has 2 aromatic heterocycles. The van der Waals surface area contributed by atoms with Crippen molar-refractivity contribution in [3.8, 4) is 9.88 Å². The predicted molar refractivity (Wildman–Crippen MR) is 68.4 cm³/mol. The highest BCUT2D eigenvalue weighted by Crippen LogP contribution is 2.35. The number of thiophene rings is 1. The molecule has 15 heavy (non-hydrogen) atoms. The van der Waals surface area contributed by atoms with Crippen molar-refractivity contribution in [1.82, 2.24) is 15.5 Å². The third kappa shape index (κ3) is 2.44. The molecular weight excluding hydrogens is 294 g/mol. The van der Waals surface area contributed by atoms with Crippen LogP contribution in [0.5, 0.6) is 0 Å². The number of hydrogen-bond donors (Lipinski definition) is 1. The monoisotopic (exact) mass is 303 g/mol. The molecule has 2 heterocycles. The highest BCUT2D eigenvalue weighted by molar-refractivity contribution is 9.11. The SMILES string of the molecule is CNCc1nnc(-c2cc(C)c(Br)s2)s1. The molecule has 0 saturated heterocycles. The van der Waals surface area contributed by atoms with Gasteiger partial charge in [0.05, 0.1) is 8.66 Å². The smallest absolute Gasteiger partial charge is 0.157 e. The average molecular weight is 304 g/mol. The molecule has 0 aromatic carbocycles. The van der Waals surface area contributed by atoms with Crippen molar-refractivity contribution in [3.05, 3.63) is 20.4 Å². The lowest BCUT2D eigenvalue weighted by atomic mass is 10.3. The third-order valence-corrected chi connectivity index (χ3v) is 5.09. The van der Waals surface area contributed by atoms with Crippen LogP contribution >= 0.6 is 38.6 Å². The Hall–Kier alpha value is -0.300. The molecular formula is C9H10BrN3S2. The third-order valence-electron chi connectivity index (χ3n) is 1.86. The highest BCUT2D eigenvalue weighted by Gasteiger charge is 2.10. The van der Waals surface area contributed by atoms with Gasteiger partial charge in [0.2, 0.25) is 0 Å². The second-order valence-electron chi connectivity index (χ2n) is 3.10. The molecule has 2 aromatic rings. The van der Waals surface area contributed by atoms with E-state index >= 15 is 0 Å². The molecule has 0 radical (unpaired) electrons. The average Bonchev–Trinajstić information content (AvgIpc) is 2.76. The zero-order valence-electron chi connectivity index (χ0n) is 8.37. The Labute approximate surface area is 105 Å². The maximum atomic E-state index is 4.18. The van der Waals surface area contributed by atoms with Crippen LogP contribution in [0.2, 0.25) is 0 Å². The molecule has 0 aliphatic carbocycles. The Morgan fingerprint density at radius 2 is 2.20 bits per heavy atom. The fourth-order valence-electron chi connectivity index (χ4n) is 1.14.